The SMILES string of the molecule is COc1ccc(CO[C@@H]2[C@@H](OC(C)=O)[C@H](C)O[C@@H](OC)[C@@H]2OC(C)=O)cc1. The number of ether oxygens (including phenoxy) is 6. The molecule has 150 valence electrons. The van der Waals surface area contributed by atoms with Crippen molar-refractivity contribution < 1.29 is 38.0 Å². The van der Waals surface area contributed by atoms with Crippen molar-refractivity contribution >= 4 is 11.9 Å². The van der Waals surface area contributed by atoms with Crippen molar-refractivity contribution in [3.8, 4) is 5.75 Å². The van der Waals surface area contributed by atoms with E-state index in [9.17, 15) is 9.59 Å². The van der Waals surface area contributed by atoms with Crippen molar-refractivity contribution in [2.24, 2.45) is 0 Å². The Kier molecular flexibility index (Phi) is 7.58. The van der Waals surface area contributed by atoms with Crippen LogP contribution < -0.4 is 4.74 Å². The summed E-state index contributed by atoms with van der Waals surface area (Å²) >= 11 is 0. The van der Waals surface area contributed by atoms with Crippen LogP contribution in [0.3, 0.4) is 0 Å². The maximum Gasteiger partial charge on any atom is 0.303 e. The fraction of sp³-hybridized carbons (Fsp3) is 0.579. The maximum absolute atomic E-state index is 11.6. The highest BCUT2D eigenvalue weighted by Gasteiger charge is 2.49. The summed E-state index contributed by atoms with van der Waals surface area (Å²) in [5, 5.41) is 0. The molecule has 0 amide bonds. The van der Waals surface area contributed by atoms with Gasteiger partial charge in [-0.15, -0.1) is 0 Å². The zero-order chi connectivity index (χ0) is 20.0. The Morgan fingerprint density at radius 3 is 2.07 bits per heavy atom. The van der Waals surface area contributed by atoms with Crippen LogP contribution in [0.4, 0.5) is 0 Å². The smallest absolute Gasteiger partial charge is 0.303 e. The average molecular weight is 382 g/mol. The monoisotopic (exact) mass is 382 g/mol. The maximum atomic E-state index is 11.6. The van der Waals surface area contributed by atoms with Gasteiger partial charge in [-0.3, -0.25) is 9.59 Å². The molecule has 5 atom stereocenters. The van der Waals surface area contributed by atoms with Crippen molar-refractivity contribution in [2.75, 3.05) is 14.2 Å². The molecule has 1 aliphatic heterocycles. The van der Waals surface area contributed by atoms with Gasteiger partial charge in [-0.1, -0.05) is 12.1 Å². The molecule has 1 aromatic rings. The topological polar surface area (TPSA) is 89.5 Å². The van der Waals surface area contributed by atoms with Crippen molar-refractivity contribution in [1.29, 1.82) is 0 Å². The van der Waals surface area contributed by atoms with E-state index >= 15 is 0 Å². The van der Waals surface area contributed by atoms with E-state index < -0.39 is 42.6 Å². The normalized spacial score (nSPS) is 27.7. The molecule has 8 nitrogen and oxygen atoms in total. The molecule has 0 spiro atoms. The minimum atomic E-state index is -0.883. The van der Waals surface area contributed by atoms with Gasteiger partial charge >= 0.3 is 11.9 Å². The lowest BCUT2D eigenvalue weighted by Gasteiger charge is -2.43. The van der Waals surface area contributed by atoms with E-state index in [2.05, 4.69) is 0 Å². The van der Waals surface area contributed by atoms with E-state index in [1.165, 1.54) is 21.0 Å². The highest BCUT2D eigenvalue weighted by molar-refractivity contribution is 5.67. The highest BCUT2D eigenvalue weighted by Crippen LogP contribution is 2.29. The van der Waals surface area contributed by atoms with E-state index in [0.717, 1.165) is 11.3 Å². The lowest BCUT2D eigenvalue weighted by atomic mass is 9.98. The Hall–Kier alpha value is -2.16. The molecule has 0 N–H and O–H groups in total. The fourth-order valence-electron chi connectivity index (χ4n) is 2.94. The van der Waals surface area contributed by atoms with Crippen molar-refractivity contribution in [3.05, 3.63) is 29.8 Å². The number of hydrogen-bond donors (Lipinski definition) is 0. The summed E-state index contributed by atoms with van der Waals surface area (Å²) in [6.07, 6.45) is -3.74. The Morgan fingerprint density at radius 2 is 1.56 bits per heavy atom. The van der Waals surface area contributed by atoms with Crippen molar-refractivity contribution in [2.45, 2.75) is 58.1 Å². The molecule has 1 fully saturated rings. The molecular formula is C19H26O8. The first-order valence-corrected chi connectivity index (χ1v) is 8.63. The summed E-state index contributed by atoms with van der Waals surface area (Å²) in [6, 6.07) is 7.35. The summed E-state index contributed by atoms with van der Waals surface area (Å²) in [7, 11) is 3.04. The average Bonchev–Trinajstić information content (AvgIpc) is 2.63. The quantitative estimate of drug-likeness (QED) is 0.660. The minimum absolute atomic E-state index is 0.216. The molecule has 2 rings (SSSR count). The van der Waals surface area contributed by atoms with E-state index in [1.54, 1.807) is 14.0 Å². The van der Waals surface area contributed by atoms with Crippen molar-refractivity contribution in [1.82, 2.24) is 0 Å². The summed E-state index contributed by atoms with van der Waals surface area (Å²) in [5.74, 6) is -0.265. The highest BCUT2D eigenvalue weighted by atomic mass is 16.7. The number of carbonyl (C=O) groups excluding carboxylic acids is 2. The summed E-state index contributed by atoms with van der Waals surface area (Å²) < 4.78 is 32.9. The van der Waals surface area contributed by atoms with Crippen LogP contribution in [-0.4, -0.2) is 56.9 Å². The Morgan fingerprint density at radius 1 is 0.963 bits per heavy atom. The number of carbonyl (C=O) groups is 2. The first-order chi connectivity index (χ1) is 12.8. The standard InChI is InChI=1S/C19H26O8/c1-11-16(26-12(2)20)17(18(27-13(3)21)19(23-5)25-11)24-10-14-6-8-15(22-4)9-7-14/h6-9,11,16-19H,10H2,1-5H3/t11-,16-,17+,18+,19+/m0/s1. The second kappa shape index (κ2) is 9.68. The molecular weight excluding hydrogens is 356 g/mol. The molecule has 1 aromatic carbocycles. The number of benzene rings is 1. The van der Waals surface area contributed by atoms with Crippen LogP contribution in [0.1, 0.15) is 26.3 Å². The molecule has 1 aliphatic rings. The van der Waals surface area contributed by atoms with Gasteiger partial charge in [-0.2, -0.15) is 0 Å². The summed E-state index contributed by atoms with van der Waals surface area (Å²) in [6.45, 7) is 4.54. The van der Waals surface area contributed by atoms with Gasteiger partial charge in [-0.25, -0.2) is 0 Å². The van der Waals surface area contributed by atoms with Crippen LogP contribution >= 0.6 is 0 Å². The zero-order valence-corrected chi connectivity index (χ0v) is 16.2. The predicted octanol–water partition coefficient (Wildman–Crippen LogP) is 1.83. The third-order valence-corrected chi connectivity index (χ3v) is 4.17. The number of hydrogen-bond acceptors (Lipinski definition) is 8. The molecule has 0 aromatic heterocycles. The van der Waals surface area contributed by atoms with E-state index in [-0.39, 0.29) is 6.61 Å². The first-order valence-electron chi connectivity index (χ1n) is 8.63. The Balaban J connectivity index is 2.22. The van der Waals surface area contributed by atoms with Crippen molar-refractivity contribution in [3.63, 3.8) is 0 Å². The summed E-state index contributed by atoms with van der Waals surface area (Å²) in [5.41, 5.74) is 0.882. The summed E-state index contributed by atoms with van der Waals surface area (Å²) in [4.78, 5) is 23.1. The Bertz CT molecular complexity index is 629. The van der Waals surface area contributed by atoms with E-state index in [4.69, 9.17) is 28.4 Å². The van der Waals surface area contributed by atoms with Crippen LogP contribution in [0.25, 0.3) is 0 Å². The van der Waals surface area contributed by atoms with Crippen LogP contribution in [-0.2, 0) is 39.9 Å². The molecule has 8 heteroatoms. The van der Waals surface area contributed by atoms with Crippen LogP contribution in [0.5, 0.6) is 5.75 Å². The second-order valence-corrected chi connectivity index (χ2v) is 6.22. The molecule has 0 radical (unpaired) electrons. The van der Waals surface area contributed by atoms with Gasteiger partial charge in [0.05, 0.1) is 19.8 Å². The van der Waals surface area contributed by atoms with Gasteiger partial charge in [0.15, 0.2) is 18.5 Å². The van der Waals surface area contributed by atoms with Gasteiger partial charge in [0, 0.05) is 21.0 Å². The molecule has 0 unspecified atom stereocenters. The van der Waals surface area contributed by atoms with Gasteiger partial charge in [-0.05, 0) is 24.6 Å². The third kappa shape index (κ3) is 5.66. The number of rotatable bonds is 7. The fourth-order valence-corrected chi connectivity index (χ4v) is 2.94. The largest absolute Gasteiger partial charge is 0.497 e. The zero-order valence-electron chi connectivity index (χ0n) is 16.2. The first kappa shape index (κ1) is 21.1. The Labute approximate surface area is 158 Å². The lowest BCUT2D eigenvalue weighted by Crippen LogP contribution is -2.60. The van der Waals surface area contributed by atoms with Crippen LogP contribution in [0.2, 0.25) is 0 Å². The minimum Gasteiger partial charge on any atom is -0.497 e. The lowest BCUT2D eigenvalue weighted by molar-refractivity contribution is -0.300. The van der Waals surface area contributed by atoms with Gasteiger partial charge in [0.25, 0.3) is 0 Å². The van der Waals surface area contributed by atoms with Gasteiger partial charge < -0.3 is 28.4 Å². The van der Waals surface area contributed by atoms with Gasteiger partial charge in [0.2, 0.25) is 0 Å². The van der Waals surface area contributed by atoms with Crippen LogP contribution in [0, 0.1) is 0 Å². The molecule has 0 aliphatic carbocycles. The second-order valence-electron chi connectivity index (χ2n) is 6.22. The molecule has 27 heavy (non-hydrogen) atoms. The third-order valence-electron chi connectivity index (χ3n) is 4.17. The molecule has 0 saturated carbocycles. The molecule has 1 heterocycles. The predicted molar refractivity (Wildman–Crippen MR) is 94.0 cm³/mol. The number of esters is 2. The van der Waals surface area contributed by atoms with E-state index in [1.807, 2.05) is 24.3 Å². The van der Waals surface area contributed by atoms with Gasteiger partial charge in [0.1, 0.15) is 11.9 Å². The van der Waals surface area contributed by atoms with Crippen LogP contribution in [0.15, 0.2) is 24.3 Å². The van der Waals surface area contributed by atoms with E-state index in [0.29, 0.717) is 0 Å². The molecule has 0 bridgehead atoms. The molecule has 1 saturated heterocycles. The number of methoxy groups -OCH3 is 2.